The fraction of sp³-hybridized carbons (Fsp3) is 0.455. The number of nitrogens with one attached hydrogen (secondary N) is 1. The van der Waals surface area contributed by atoms with Crippen LogP contribution in [0.15, 0.2) is 29.2 Å². The van der Waals surface area contributed by atoms with Crippen LogP contribution in [0.25, 0.3) is 11.3 Å². The zero-order valence-corrected chi connectivity index (χ0v) is 16.0. The van der Waals surface area contributed by atoms with E-state index < -0.39 is 11.4 Å². The van der Waals surface area contributed by atoms with Gasteiger partial charge in [-0.2, -0.15) is 0 Å². The Labute approximate surface area is 163 Å². The Morgan fingerprint density at radius 3 is 2.71 bits per heavy atom. The average molecular weight is 380 g/mol. The molecule has 6 heteroatoms. The maximum absolute atomic E-state index is 12.4. The molecule has 2 aliphatic carbocycles. The van der Waals surface area contributed by atoms with E-state index in [0.717, 1.165) is 60.8 Å². The summed E-state index contributed by atoms with van der Waals surface area (Å²) < 4.78 is 7.66. The van der Waals surface area contributed by atoms with Gasteiger partial charge in [0, 0.05) is 29.9 Å². The van der Waals surface area contributed by atoms with E-state index in [9.17, 15) is 14.7 Å². The number of aromatic carboxylic acids is 1. The van der Waals surface area contributed by atoms with Gasteiger partial charge < -0.3 is 19.7 Å². The molecule has 5 rings (SSSR count). The Morgan fingerprint density at radius 2 is 2.11 bits per heavy atom. The molecule has 0 radical (unpaired) electrons. The summed E-state index contributed by atoms with van der Waals surface area (Å²) >= 11 is 0. The number of carboxylic acid groups (broad SMARTS) is 1. The van der Waals surface area contributed by atoms with Crippen molar-refractivity contribution in [2.45, 2.75) is 44.1 Å². The summed E-state index contributed by atoms with van der Waals surface area (Å²) in [5.41, 5.74) is 3.22. The zero-order chi connectivity index (χ0) is 19.5. The van der Waals surface area contributed by atoms with Crippen LogP contribution >= 0.6 is 0 Å². The van der Waals surface area contributed by atoms with Crippen molar-refractivity contribution in [1.29, 1.82) is 0 Å². The minimum atomic E-state index is -1.17. The number of fused-ring (bicyclic) bond motifs is 4. The van der Waals surface area contributed by atoms with Crippen molar-refractivity contribution in [3.05, 3.63) is 45.7 Å². The number of anilines is 1. The molecule has 0 amide bonds. The number of hydrogen-bond acceptors (Lipinski definition) is 4. The van der Waals surface area contributed by atoms with Crippen LogP contribution in [0.3, 0.4) is 0 Å². The second-order valence-electron chi connectivity index (χ2n) is 8.40. The molecule has 2 aromatic rings. The van der Waals surface area contributed by atoms with Crippen molar-refractivity contribution in [2.24, 2.45) is 5.92 Å². The normalized spacial score (nSPS) is 18.8. The largest absolute Gasteiger partial charge is 0.495 e. The molecule has 0 unspecified atom stereocenters. The fourth-order valence-electron chi connectivity index (χ4n) is 4.63. The summed E-state index contributed by atoms with van der Waals surface area (Å²) in [5, 5.41) is 12.9. The lowest BCUT2D eigenvalue weighted by Crippen LogP contribution is -2.46. The SMILES string of the molecule is COc1cc2c(cc1NCC1CC1)CC1(CCC1)n1cc(C(=O)O)c(=O)cc1-2. The van der Waals surface area contributed by atoms with Crippen molar-refractivity contribution in [3.63, 3.8) is 0 Å². The summed E-state index contributed by atoms with van der Waals surface area (Å²) in [7, 11) is 1.65. The molecule has 1 aromatic heterocycles. The summed E-state index contributed by atoms with van der Waals surface area (Å²) in [5.74, 6) is 0.343. The van der Waals surface area contributed by atoms with Crippen molar-refractivity contribution < 1.29 is 14.6 Å². The van der Waals surface area contributed by atoms with Gasteiger partial charge in [0.2, 0.25) is 0 Å². The molecule has 1 aliphatic heterocycles. The van der Waals surface area contributed by atoms with E-state index in [1.165, 1.54) is 24.5 Å². The first-order valence-corrected chi connectivity index (χ1v) is 9.96. The molecule has 3 aliphatic rings. The molecule has 146 valence electrons. The lowest BCUT2D eigenvalue weighted by atomic mass is 9.69. The van der Waals surface area contributed by atoms with Crippen LogP contribution in [-0.2, 0) is 12.0 Å². The van der Waals surface area contributed by atoms with E-state index in [1.54, 1.807) is 13.3 Å². The second-order valence-corrected chi connectivity index (χ2v) is 8.40. The number of carboxylic acids is 1. The first-order valence-electron chi connectivity index (χ1n) is 9.96. The van der Waals surface area contributed by atoms with Crippen molar-refractivity contribution in [2.75, 3.05) is 19.0 Å². The molecule has 2 saturated carbocycles. The first kappa shape index (κ1) is 17.3. The zero-order valence-electron chi connectivity index (χ0n) is 16.0. The van der Waals surface area contributed by atoms with E-state index >= 15 is 0 Å². The maximum atomic E-state index is 12.4. The number of nitrogens with zero attached hydrogens (tertiary/aromatic N) is 1. The smallest absolute Gasteiger partial charge is 0.341 e. The number of methoxy groups -OCH3 is 1. The molecule has 0 atom stereocenters. The molecule has 2 fully saturated rings. The van der Waals surface area contributed by atoms with Gasteiger partial charge >= 0.3 is 5.97 Å². The number of benzene rings is 1. The van der Waals surface area contributed by atoms with E-state index in [4.69, 9.17) is 4.74 Å². The van der Waals surface area contributed by atoms with Crippen molar-refractivity contribution in [3.8, 4) is 17.0 Å². The predicted molar refractivity (Wildman–Crippen MR) is 106 cm³/mol. The van der Waals surface area contributed by atoms with Gasteiger partial charge in [-0.1, -0.05) is 0 Å². The number of ether oxygens (including phenoxy) is 1. The third-order valence-electron chi connectivity index (χ3n) is 6.58. The maximum Gasteiger partial charge on any atom is 0.341 e. The highest BCUT2D eigenvalue weighted by Crippen LogP contribution is 2.50. The van der Waals surface area contributed by atoms with Gasteiger partial charge in [0.05, 0.1) is 18.5 Å². The fourth-order valence-corrected chi connectivity index (χ4v) is 4.63. The lowest BCUT2D eigenvalue weighted by Gasteiger charge is -2.48. The Bertz CT molecular complexity index is 1030. The van der Waals surface area contributed by atoms with Gasteiger partial charge in [-0.25, -0.2) is 4.79 Å². The quantitative estimate of drug-likeness (QED) is 0.830. The van der Waals surface area contributed by atoms with Gasteiger partial charge in [0.1, 0.15) is 11.3 Å². The first-order chi connectivity index (χ1) is 13.5. The minimum Gasteiger partial charge on any atom is -0.495 e. The van der Waals surface area contributed by atoms with Crippen LogP contribution in [0.4, 0.5) is 5.69 Å². The van der Waals surface area contributed by atoms with Gasteiger partial charge in [-0.05, 0) is 62.1 Å². The van der Waals surface area contributed by atoms with E-state index in [1.807, 2.05) is 10.6 Å². The van der Waals surface area contributed by atoms with Crippen molar-refractivity contribution in [1.82, 2.24) is 4.57 Å². The molecule has 2 heterocycles. The third kappa shape index (κ3) is 2.62. The van der Waals surface area contributed by atoms with Crippen LogP contribution in [-0.4, -0.2) is 29.3 Å². The summed E-state index contributed by atoms with van der Waals surface area (Å²) in [6, 6.07) is 5.63. The molecule has 1 aromatic carbocycles. The predicted octanol–water partition coefficient (Wildman–Crippen LogP) is 3.48. The summed E-state index contributed by atoms with van der Waals surface area (Å²) in [6.07, 6.45) is 8.08. The summed E-state index contributed by atoms with van der Waals surface area (Å²) in [4.78, 5) is 23.9. The van der Waals surface area contributed by atoms with Gasteiger partial charge in [0.15, 0.2) is 5.43 Å². The topological polar surface area (TPSA) is 80.6 Å². The monoisotopic (exact) mass is 380 g/mol. The third-order valence-corrected chi connectivity index (χ3v) is 6.58. The van der Waals surface area contributed by atoms with Crippen LogP contribution in [0.1, 0.15) is 48.0 Å². The number of rotatable bonds is 5. The van der Waals surface area contributed by atoms with Crippen LogP contribution in [0.5, 0.6) is 5.75 Å². The molecule has 6 nitrogen and oxygen atoms in total. The molecular formula is C22H24N2O4. The van der Waals surface area contributed by atoms with Gasteiger partial charge in [-0.15, -0.1) is 0 Å². The Morgan fingerprint density at radius 1 is 1.32 bits per heavy atom. The Kier molecular flexibility index (Phi) is 3.79. The van der Waals surface area contributed by atoms with Crippen LogP contribution < -0.4 is 15.5 Å². The highest BCUT2D eigenvalue weighted by Gasteiger charge is 2.43. The molecular weight excluding hydrogens is 356 g/mol. The van der Waals surface area contributed by atoms with Crippen LogP contribution in [0, 0.1) is 5.92 Å². The van der Waals surface area contributed by atoms with Crippen LogP contribution in [0.2, 0.25) is 0 Å². The Hall–Kier alpha value is -2.76. The van der Waals surface area contributed by atoms with Gasteiger partial charge in [-0.3, -0.25) is 4.79 Å². The number of carbonyl (C=O) groups is 1. The standard InChI is InChI=1S/C22H24N2O4/c1-28-20-8-15-14(7-17(20)23-11-13-3-4-13)10-22(5-2-6-22)24-12-16(21(26)27)19(25)9-18(15)24/h7-9,12-13,23H,2-6,10-11H2,1H3,(H,26,27). The second kappa shape index (κ2) is 6.12. The molecule has 0 saturated heterocycles. The van der Waals surface area contributed by atoms with Gasteiger partial charge in [0.25, 0.3) is 0 Å². The molecule has 2 N–H and O–H groups in total. The van der Waals surface area contributed by atoms with E-state index in [2.05, 4.69) is 11.4 Å². The molecule has 1 spiro atoms. The van der Waals surface area contributed by atoms with E-state index in [-0.39, 0.29) is 11.1 Å². The molecule has 28 heavy (non-hydrogen) atoms. The van der Waals surface area contributed by atoms with Crippen molar-refractivity contribution >= 4 is 11.7 Å². The number of hydrogen-bond donors (Lipinski definition) is 2. The highest BCUT2D eigenvalue weighted by atomic mass is 16.5. The minimum absolute atomic E-state index is 0.122. The summed E-state index contributed by atoms with van der Waals surface area (Å²) in [6.45, 7) is 0.957. The highest BCUT2D eigenvalue weighted by molar-refractivity contribution is 5.88. The number of aromatic nitrogens is 1. The van der Waals surface area contributed by atoms with E-state index in [0.29, 0.717) is 0 Å². The Balaban J connectivity index is 1.66. The average Bonchev–Trinajstić information content (AvgIpc) is 3.47. The molecule has 0 bridgehead atoms. The lowest BCUT2D eigenvalue weighted by molar-refractivity contribution is 0.0691. The number of pyridine rings is 1.